The van der Waals surface area contributed by atoms with Crippen LogP contribution in [0.25, 0.3) is 0 Å². The molecule has 2 heterocycles. The van der Waals surface area contributed by atoms with Crippen LogP contribution in [0.2, 0.25) is 0 Å². The van der Waals surface area contributed by atoms with Gasteiger partial charge in [0.2, 0.25) is 0 Å². The van der Waals surface area contributed by atoms with Gasteiger partial charge in [-0.05, 0) is 63.0 Å². The largest absolute Gasteiger partial charge is 0.357 e. The molecule has 5 nitrogen and oxygen atoms in total. The molecule has 6 heteroatoms. The van der Waals surface area contributed by atoms with Gasteiger partial charge in [-0.1, -0.05) is 18.2 Å². The zero-order valence-electron chi connectivity index (χ0n) is 15.2. The van der Waals surface area contributed by atoms with Crippen LogP contribution in [0.3, 0.4) is 0 Å². The van der Waals surface area contributed by atoms with Gasteiger partial charge in [0.25, 0.3) is 5.91 Å². The molecule has 1 fully saturated rings. The summed E-state index contributed by atoms with van der Waals surface area (Å²) in [6, 6.07) is 11.7. The number of rotatable bonds is 6. The standard InChI is InChI=1S/C20H26N4O.ClH/c1-21-12-11-16-7-3-4-8-18(16)20(25)23-17-9-10-19(22-15-17)24-13-5-2-6-14-24;/h3-4,7-10,15,21H,2,5-6,11-14H2,1H3,(H,23,25);1H. The molecule has 1 aliphatic heterocycles. The molecule has 26 heavy (non-hydrogen) atoms. The van der Waals surface area contributed by atoms with Gasteiger partial charge in [0.15, 0.2) is 0 Å². The van der Waals surface area contributed by atoms with E-state index in [1.807, 2.05) is 43.4 Å². The van der Waals surface area contributed by atoms with E-state index >= 15 is 0 Å². The molecule has 2 aromatic rings. The minimum Gasteiger partial charge on any atom is -0.357 e. The first-order chi connectivity index (χ1) is 12.3. The van der Waals surface area contributed by atoms with E-state index in [9.17, 15) is 4.79 Å². The zero-order chi connectivity index (χ0) is 17.5. The van der Waals surface area contributed by atoms with Gasteiger partial charge < -0.3 is 15.5 Å². The summed E-state index contributed by atoms with van der Waals surface area (Å²) in [6.07, 6.45) is 6.33. The van der Waals surface area contributed by atoms with E-state index in [0.717, 1.165) is 48.7 Å². The van der Waals surface area contributed by atoms with E-state index in [1.165, 1.54) is 19.3 Å². The molecule has 1 saturated heterocycles. The third-order valence-corrected chi connectivity index (χ3v) is 4.59. The number of likely N-dealkylation sites (N-methyl/N-ethyl adjacent to an activating group) is 1. The second-order valence-electron chi connectivity index (χ2n) is 6.42. The van der Waals surface area contributed by atoms with E-state index in [-0.39, 0.29) is 18.3 Å². The Morgan fingerprint density at radius 3 is 2.58 bits per heavy atom. The fourth-order valence-electron chi connectivity index (χ4n) is 3.19. The molecule has 0 radical (unpaired) electrons. The third kappa shape index (κ3) is 5.19. The van der Waals surface area contributed by atoms with E-state index in [2.05, 4.69) is 20.5 Å². The van der Waals surface area contributed by atoms with E-state index in [0.29, 0.717) is 0 Å². The van der Waals surface area contributed by atoms with Crippen LogP contribution in [0.4, 0.5) is 11.5 Å². The van der Waals surface area contributed by atoms with Gasteiger partial charge in [-0.3, -0.25) is 4.79 Å². The Morgan fingerprint density at radius 1 is 1.12 bits per heavy atom. The number of carbonyl (C=O) groups is 1. The fourth-order valence-corrected chi connectivity index (χ4v) is 3.19. The number of aromatic nitrogens is 1. The maximum absolute atomic E-state index is 12.6. The average molecular weight is 375 g/mol. The van der Waals surface area contributed by atoms with Crippen LogP contribution >= 0.6 is 12.4 Å². The highest BCUT2D eigenvalue weighted by atomic mass is 35.5. The smallest absolute Gasteiger partial charge is 0.255 e. The summed E-state index contributed by atoms with van der Waals surface area (Å²) in [4.78, 5) is 19.4. The molecule has 3 rings (SSSR count). The van der Waals surface area contributed by atoms with Gasteiger partial charge in [0, 0.05) is 18.7 Å². The molecule has 0 atom stereocenters. The number of carbonyl (C=O) groups excluding carboxylic acids is 1. The zero-order valence-corrected chi connectivity index (χ0v) is 16.0. The summed E-state index contributed by atoms with van der Waals surface area (Å²) in [5, 5.41) is 6.09. The number of anilines is 2. The number of piperidine rings is 1. The van der Waals surface area contributed by atoms with Crippen LogP contribution in [-0.2, 0) is 6.42 Å². The Labute approximate surface area is 161 Å². The maximum atomic E-state index is 12.6. The fraction of sp³-hybridized carbons (Fsp3) is 0.400. The Kier molecular flexibility index (Phi) is 7.88. The van der Waals surface area contributed by atoms with Gasteiger partial charge in [-0.15, -0.1) is 12.4 Å². The lowest BCUT2D eigenvalue weighted by Gasteiger charge is -2.27. The molecule has 0 aliphatic carbocycles. The Bertz CT molecular complexity index is 699. The number of halogens is 1. The number of benzene rings is 1. The van der Waals surface area contributed by atoms with Crippen molar-refractivity contribution in [1.29, 1.82) is 0 Å². The number of hydrogen-bond acceptors (Lipinski definition) is 4. The van der Waals surface area contributed by atoms with Crippen molar-refractivity contribution < 1.29 is 4.79 Å². The molecule has 1 amide bonds. The summed E-state index contributed by atoms with van der Waals surface area (Å²) in [6.45, 7) is 2.98. The number of hydrogen-bond donors (Lipinski definition) is 2. The van der Waals surface area contributed by atoms with E-state index < -0.39 is 0 Å². The number of nitrogens with one attached hydrogen (secondary N) is 2. The molecule has 0 unspecified atom stereocenters. The molecular weight excluding hydrogens is 348 g/mol. The van der Waals surface area contributed by atoms with Crippen LogP contribution < -0.4 is 15.5 Å². The van der Waals surface area contributed by atoms with E-state index in [1.54, 1.807) is 6.20 Å². The van der Waals surface area contributed by atoms with Crippen molar-refractivity contribution in [3.8, 4) is 0 Å². The van der Waals surface area contributed by atoms with Crippen LogP contribution in [0, 0.1) is 0 Å². The van der Waals surface area contributed by atoms with Crippen molar-refractivity contribution in [2.24, 2.45) is 0 Å². The quantitative estimate of drug-likeness (QED) is 0.812. The molecular formula is C20H27ClN4O. The summed E-state index contributed by atoms with van der Waals surface area (Å²) in [5.41, 5.74) is 2.50. The summed E-state index contributed by atoms with van der Waals surface area (Å²) in [5.74, 6) is 0.909. The van der Waals surface area contributed by atoms with Crippen molar-refractivity contribution in [2.75, 3.05) is 36.9 Å². The number of pyridine rings is 1. The van der Waals surface area contributed by atoms with Crippen LogP contribution in [-0.4, -0.2) is 37.6 Å². The second-order valence-corrected chi connectivity index (χ2v) is 6.42. The molecule has 1 aromatic carbocycles. The Morgan fingerprint density at radius 2 is 1.88 bits per heavy atom. The maximum Gasteiger partial charge on any atom is 0.255 e. The lowest BCUT2D eigenvalue weighted by Crippen LogP contribution is -2.30. The van der Waals surface area contributed by atoms with Gasteiger partial charge in [-0.25, -0.2) is 4.98 Å². The first-order valence-electron chi connectivity index (χ1n) is 9.03. The Balaban J connectivity index is 0.00000243. The summed E-state index contributed by atoms with van der Waals surface area (Å²) >= 11 is 0. The minimum atomic E-state index is -0.0841. The monoisotopic (exact) mass is 374 g/mol. The topological polar surface area (TPSA) is 57.3 Å². The van der Waals surface area contributed by atoms with Gasteiger partial charge in [0.05, 0.1) is 11.9 Å². The van der Waals surface area contributed by atoms with Gasteiger partial charge in [0.1, 0.15) is 5.82 Å². The summed E-state index contributed by atoms with van der Waals surface area (Å²) in [7, 11) is 1.91. The Hall–Kier alpha value is -2.11. The lowest BCUT2D eigenvalue weighted by atomic mass is 10.0. The van der Waals surface area contributed by atoms with Crippen molar-refractivity contribution >= 4 is 29.8 Å². The lowest BCUT2D eigenvalue weighted by molar-refractivity contribution is 0.102. The molecule has 0 saturated carbocycles. The molecule has 0 spiro atoms. The highest BCUT2D eigenvalue weighted by Gasteiger charge is 2.13. The highest BCUT2D eigenvalue weighted by Crippen LogP contribution is 2.19. The van der Waals surface area contributed by atoms with Crippen molar-refractivity contribution in [3.05, 3.63) is 53.7 Å². The predicted molar refractivity (Wildman–Crippen MR) is 110 cm³/mol. The van der Waals surface area contributed by atoms with E-state index in [4.69, 9.17) is 0 Å². The second kappa shape index (κ2) is 10.1. The van der Waals surface area contributed by atoms with Crippen molar-refractivity contribution in [1.82, 2.24) is 10.3 Å². The van der Waals surface area contributed by atoms with Crippen LogP contribution in [0.15, 0.2) is 42.6 Å². The molecule has 140 valence electrons. The minimum absolute atomic E-state index is 0. The SMILES string of the molecule is CNCCc1ccccc1C(=O)Nc1ccc(N2CCCCC2)nc1.Cl. The molecule has 1 aromatic heterocycles. The highest BCUT2D eigenvalue weighted by molar-refractivity contribution is 6.05. The normalized spacial score (nSPS) is 13.8. The molecule has 0 bridgehead atoms. The van der Waals surface area contributed by atoms with Gasteiger partial charge in [-0.2, -0.15) is 0 Å². The number of nitrogens with zero attached hydrogens (tertiary/aromatic N) is 2. The number of amides is 1. The third-order valence-electron chi connectivity index (χ3n) is 4.59. The summed E-state index contributed by atoms with van der Waals surface area (Å²) < 4.78 is 0. The molecule has 1 aliphatic rings. The average Bonchev–Trinajstić information content (AvgIpc) is 2.68. The molecule has 2 N–H and O–H groups in total. The first kappa shape index (κ1) is 20.2. The van der Waals surface area contributed by atoms with Crippen molar-refractivity contribution in [3.63, 3.8) is 0 Å². The predicted octanol–water partition coefficient (Wildman–Crippen LogP) is 3.51. The van der Waals surface area contributed by atoms with Gasteiger partial charge >= 0.3 is 0 Å². The van der Waals surface area contributed by atoms with Crippen LogP contribution in [0.1, 0.15) is 35.2 Å². The first-order valence-corrected chi connectivity index (χ1v) is 9.03. The van der Waals surface area contributed by atoms with Crippen LogP contribution in [0.5, 0.6) is 0 Å². The van der Waals surface area contributed by atoms with Crippen molar-refractivity contribution in [2.45, 2.75) is 25.7 Å².